The zero-order valence-electron chi connectivity index (χ0n) is 11.4. The van der Waals surface area contributed by atoms with Gasteiger partial charge in [-0.3, -0.25) is 0 Å². The van der Waals surface area contributed by atoms with Crippen molar-refractivity contribution >= 4 is 6.03 Å². The highest BCUT2D eigenvalue weighted by Gasteiger charge is 2.32. The molecule has 1 aliphatic carbocycles. The van der Waals surface area contributed by atoms with Crippen LogP contribution in [0.15, 0.2) is 24.3 Å². The lowest BCUT2D eigenvalue weighted by Gasteiger charge is -2.33. The predicted octanol–water partition coefficient (Wildman–Crippen LogP) is 1.62. The molecule has 3 N–H and O–H groups in total. The number of fused-ring (bicyclic) bond motifs is 1. The largest absolute Gasteiger partial charge is 0.388 e. The fourth-order valence-corrected chi connectivity index (χ4v) is 2.48. The number of rotatable bonds is 4. The second-order valence-corrected chi connectivity index (χ2v) is 5.28. The minimum Gasteiger partial charge on any atom is -0.388 e. The molecule has 0 fully saturated rings. The number of aryl methyl sites for hydroxylation is 1. The molecule has 0 spiro atoms. The van der Waals surface area contributed by atoms with Crippen molar-refractivity contribution in [2.45, 2.75) is 38.2 Å². The maximum Gasteiger partial charge on any atom is 0.314 e. The molecule has 19 heavy (non-hydrogen) atoms. The van der Waals surface area contributed by atoms with Crippen LogP contribution in [0.3, 0.4) is 0 Å². The molecule has 2 amide bonds. The topological polar surface area (TPSA) is 61.4 Å². The van der Waals surface area contributed by atoms with Gasteiger partial charge >= 0.3 is 6.03 Å². The molecule has 104 valence electrons. The maximum absolute atomic E-state index is 11.5. The van der Waals surface area contributed by atoms with Gasteiger partial charge in [0, 0.05) is 19.5 Å². The van der Waals surface area contributed by atoms with E-state index in [2.05, 4.69) is 22.8 Å². The second kappa shape index (κ2) is 6.06. The molecule has 0 saturated carbocycles. The number of hydrogen-bond acceptors (Lipinski definition) is 2. The summed E-state index contributed by atoms with van der Waals surface area (Å²) in [5.41, 5.74) is 1.67. The van der Waals surface area contributed by atoms with Gasteiger partial charge in [-0.1, -0.05) is 31.2 Å². The molecule has 0 aromatic heterocycles. The Kier molecular flexibility index (Phi) is 4.43. The van der Waals surface area contributed by atoms with E-state index in [1.807, 2.05) is 19.1 Å². The molecule has 1 atom stereocenters. The van der Waals surface area contributed by atoms with Gasteiger partial charge in [0.15, 0.2) is 0 Å². The van der Waals surface area contributed by atoms with Gasteiger partial charge in [-0.25, -0.2) is 4.79 Å². The average molecular weight is 262 g/mol. The Morgan fingerprint density at radius 1 is 1.32 bits per heavy atom. The van der Waals surface area contributed by atoms with Crippen molar-refractivity contribution in [1.82, 2.24) is 10.6 Å². The van der Waals surface area contributed by atoms with E-state index in [4.69, 9.17) is 0 Å². The SMILES string of the molecule is CCCNC(=O)NCC1(O)CCc2ccccc2C1. The fraction of sp³-hybridized carbons (Fsp3) is 0.533. The van der Waals surface area contributed by atoms with Crippen LogP contribution in [0.1, 0.15) is 30.9 Å². The molecule has 1 aromatic carbocycles. The highest BCUT2D eigenvalue weighted by atomic mass is 16.3. The smallest absolute Gasteiger partial charge is 0.314 e. The number of carbonyl (C=O) groups is 1. The highest BCUT2D eigenvalue weighted by Crippen LogP contribution is 2.28. The third kappa shape index (κ3) is 3.70. The lowest BCUT2D eigenvalue weighted by Crippen LogP contribution is -2.49. The number of amides is 2. The summed E-state index contributed by atoms with van der Waals surface area (Å²) in [6.45, 7) is 2.97. The Balaban J connectivity index is 1.89. The van der Waals surface area contributed by atoms with Gasteiger partial charge in [-0.15, -0.1) is 0 Å². The highest BCUT2D eigenvalue weighted by molar-refractivity contribution is 5.73. The first-order chi connectivity index (χ1) is 9.13. The van der Waals surface area contributed by atoms with Crippen LogP contribution in [0.5, 0.6) is 0 Å². The van der Waals surface area contributed by atoms with Crippen molar-refractivity contribution in [3.63, 3.8) is 0 Å². The minimum absolute atomic E-state index is 0.200. The van der Waals surface area contributed by atoms with E-state index >= 15 is 0 Å². The molecule has 1 aliphatic rings. The van der Waals surface area contributed by atoms with Gasteiger partial charge in [0.2, 0.25) is 0 Å². The first-order valence-electron chi connectivity index (χ1n) is 6.94. The van der Waals surface area contributed by atoms with Crippen LogP contribution in [0.2, 0.25) is 0 Å². The van der Waals surface area contributed by atoms with Crippen LogP contribution in [-0.4, -0.2) is 29.8 Å². The Bertz CT molecular complexity index is 448. The number of urea groups is 1. The first-order valence-corrected chi connectivity index (χ1v) is 6.94. The van der Waals surface area contributed by atoms with Crippen LogP contribution in [0.25, 0.3) is 0 Å². The van der Waals surface area contributed by atoms with Gasteiger partial charge in [0.25, 0.3) is 0 Å². The molecular weight excluding hydrogens is 240 g/mol. The van der Waals surface area contributed by atoms with Crippen LogP contribution in [0, 0.1) is 0 Å². The van der Waals surface area contributed by atoms with E-state index in [1.54, 1.807) is 0 Å². The van der Waals surface area contributed by atoms with E-state index in [-0.39, 0.29) is 6.03 Å². The first kappa shape index (κ1) is 13.9. The monoisotopic (exact) mass is 262 g/mol. The zero-order chi connectivity index (χ0) is 13.7. The summed E-state index contributed by atoms with van der Waals surface area (Å²) in [4.78, 5) is 11.5. The van der Waals surface area contributed by atoms with Crippen molar-refractivity contribution in [3.05, 3.63) is 35.4 Å². The lowest BCUT2D eigenvalue weighted by molar-refractivity contribution is 0.0291. The molecule has 0 radical (unpaired) electrons. The van der Waals surface area contributed by atoms with E-state index in [1.165, 1.54) is 11.1 Å². The van der Waals surface area contributed by atoms with E-state index in [0.717, 1.165) is 12.8 Å². The van der Waals surface area contributed by atoms with Gasteiger partial charge in [0.05, 0.1) is 5.60 Å². The second-order valence-electron chi connectivity index (χ2n) is 5.28. The Morgan fingerprint density at radius 2 is 2.05 bits per heavy atom. The normalized spacial score (nSPS) is 21.6. The standard InChI is InChI=1S/C15H22N2O2/c1-2-9-16-14(18)17-11-15(19)8-7-12-5-3-4-6-13(12)10-15/h3-6,19H,2,7-11H2,1H3,(H2,16,17,18). The van der Waals surface area contributed by atoms with Crippen molar-refractivity contribution in [2.75, 3.05) is 13.1 Å². The summed E-state index contributed by atoms with van der Waals surface area (Å²) in [5, 5.41) is 16.1. The van der Waals surface area contributed by atoms with Crippen LogP contribution in [-0.2, 0) is 12.8 Å². The molecule has 4 heteroatoms. The fourth-order valence-electron chi connectivity index (χ4n) is 2.48. The number of aliphatic hydroxyl groups is 1. The molecule has 0 bridgehead atoms. The molecule has 0 saturated heterocycles. The molecule has 0 heterocycles. The van der Waals surface area contributed by atoms with Crippen LogP contribution in [0.4, 0.5) is 4.79 Å². The summed E-state index contributed by atoms with van der Waals surface area (Å²) >= 11 is 0. The number of carbonyl (C=O) groups excluding carboxylic acids is 1. The third-order valence-electron chi connectivity index (χ3n) is 3.61. The molecule has 2 rings (SSSR count). The van der Waals surface area contributed by atoms with Crippen molar-refractivity contribution in [2.24, 2.45) is 0 Å². The molecule has 0 aliphatic heterocycles. The predicted molar refractivity (Wildman–Crippen MR) is 75.1 cm³/mol. The molecule has 1 aromatic rings. The Labute approximate surface area is 114 Å². The molecular formula is C15H22N2O2. The number of hydrogen-bond donors (Lipinski definition) is 3. The van der Waals surface area contributed by atoms with Crippen molar-refractivity contribution in [3.8, 4) is 0 Å². The lowest BCUT2D eigenvalue weighted by atomic mass is 9.80. The Hall–Kier alpha value is -1.55. The van der Waals surface area contributed by atoms with Gasteiger partial charge in [0.1, 0.15) is 0 Å². The van der Waals surface area contributed by atoms with Crippen LogP contribution >= 0.6 is 0 Å². The number of benzene rings is 1. The summed E-state index contributed by atoms with van der Waals surface area (Å²) in [6, 6.07) is 7.98. The van der Waals surface area contributed by atoms with Crippen molar-refractivity contribution in [1.29, 1.82) is 0 Å². The minimum atomic E-state index is -0.822. The molecule has 4 nitrogen and oxygen atoms in total. The maximum atomic E-state index is 11.5. The zero-order valence-corrected chi connectivity index (χ0v) is 11.4. The van der Waals surface area contributed by atoms with Crippen LogP contribution < -0.4 is 10.6 Å². The van der Waals surface area contributed by atoms with Gasteiger partial charge in [-0.2, -0.15) is 0 Å². The van der Waals surface area contributed by atoms with Gasteiger partial charge < -0.3 is 15.7 Å². The third-order valence-corrected chi connectivity index (χ3v) is 3.61. The van der Waals surface area contributed by atoms with E-state index in [0.29, 0.717) is 25.9 Å². The van der Waals surface area contributed by atoms with Crippen molar-refractivity contribution < 1.29 is 9.90 Å². The average Bonchev–Trinajstić information content (AvgIpc) is 2.43. The summed E-state index contributed by atoms with van der Waals surface area (Å²) in [7, 11) is 0. The summed E-state index contributed by atoms with van der Waals surface area (Å²) in [6.07, 6.45) is 3.07. The summed E-state index contributed by atoms with van der Waals surface area (Å²) in [5.74, 6) is 0. The molecule has 1 unspecified atom stereocenters. The van der Waals surface area contributed by atoms with E-state index < -0.39 is 5.60 Å². The quantitative estimate of drug-likeness (QED) is 0.772. The Morgan fingerprint density at radius 3 is 2.79 bits per heavy atom. The van der Waals surface area contributed by atoms with E-state index in [9.17, 15) is 9.90 Å². The number of nitrogens with one attached hydrogen (secondary N) is 2. The summed E-state index contributed by atoms with van der Waals surface area (Å²) < 4.78 is 0. The van der Waals surface area contributed by atoms with Gasteiger partial charge in [-0.05, 0) is 30.4 Å².